The second-order valence-electron chi connectivity index (χ2n) is 11.7. The van der Waals surface area contributed by atoms with Crippen molar-refractivity contribution in [3.8, 4) is 11.1 Å². The minimum Gasteiger partial charge on any atom is -0.392 e. The van der Waals surface area contributed by atoms with Gasteiger partial charge in [0.1, 0.15) is 0 Å². The SMILES string of the molecule is CC(=O)Nc1ccc(SC[C@@H]2C[C@H](c3ccc(CO)cc3)O[C@H](c3cccc(-c4cccc(CNC(=O)c5ccccc5)c4)c3)O2)cc1. The molecule has 5 aromatic carbocycles. The number of thioether (sulfide) groups is 1. The topological polar surface area (TPSA) is 96.9 Å². The lowest BCUT2D eigenvalue weighted by Crippen LogP contribution is -2.31. The second-order valence-corrected chi connectivity index (χ2v) is 12.8. The van der Waals surface area contributed by atoms with Crippen LogP contribution in [0.3, 0.4) is 0 Å². The zero-order valence-electron chi connectivity index (χ0n) is 26.7. The van der Waals surface area contributed by atoms with Crippen LogP contribution in [0.1, 0.15) is 58.4 Å². The molecule has 1 aliphatic heterocycles. The molecule has 5 aromatic rings. The van der Waals surface area contributed by atoms with Gasteiger partial charge in [0.2, 0.25) is 5.91 Å². The fraction of sp³-hybridized carbons (Fsp3) is 0.200. The summed E-state index contributed by atoms with van der Waals surface area (Å²) in [6.45, 7) is 1.91. The van der Waals surface area contributed by atoms with Crippen molar-refractivity contribution in [2.45, 2.75) is 49.9 Å². The van der Waals surface area contributed by atoms with Crippen LogP contribution in [0.25, 0.3) is 11.1 Å². The lowest BCUT2D eigenvalue weighted by molar-refractivity contribution is -0.245. The highest BCUT2D eigenvalue weighted by Crippen LogP contribution is 2.40. The minimum absolute atomic E-state index is 0.00901. The van der Waals surface area contributed by atoms with E-state index in [0.29, 0.717) is 18.5 Å². The van der Waals surface area contributed by atoms with Gasteiger partial charge in [0, 0.05) is 47.4 Å². The van der Waals surface area contributed by atoms with Gasteiger partial charge in [-0.25, -0.2) is 0 Å². The van der Waals surface area contributed by atoms with Crippen molar-refractivity contribution in [2.24, 2.45) is 0 Å². The number of ether oxygens (including phenoxy) is 2. The quantitative estimate of drug-likeness (QED) is 0.124. The number of carbonyl (C=O) groups is 2. The Labute approximate surface area is 285 Å². The average molecular weight is 659 g/mol. The van der Waals surface area contributed by atoms with Crippen molar-refractivity contribution in [1.29, 1.82) is 0 Å². The molecular weight excluding hydrogens is 621 g/mol. The van der Waals surface area contributed by atoms with Gasteiger partial charge in [-0.1, -0.05) is 78.9 Å². The summed E-state index contributed by atoms with van der Waals surface area (Å²) in [7, 11) is 0. The number of benzene rings is 5. The Balaban J connectivity index is 1.18. The molecule has 1 fully saturated rings. The van der Waals surface area contributed by atoms with E-state index in [1.807, 2.05) is 91.0 Å². The van der Waals surface area contributed by atoms with Gasteiger partial charge in [0.05, 0.1) is 18.8 Å². The molecule has 0 bridgehead atoms. The molecule has 3 N–H and O–H groups in total. The van der Waals surface area contributed by atoms with Gasteiger partial charge in [0.15, 0.2) is 6.29 Å². The number of carbonyl (C=O) groups excluding carboxylic acids is 2. The van der Waals surface area contributed by atoms with Crippen LogP contribution in [0.5, 0.6) is 0 Å². The van der Waals surface area contributed by atoms with Crippen molar-refractivity contribution in [3.63, 3.8) is 0 Å². The van der Waals surface area contributed by atoms with Gasteiger partial charge in [-0.05, 0) is 76.3 Å². The molecule has 6 rings (SSSR count). The first kappa shape index (κ1) is 33.2. The first-order valence-corrected chi connectivity index (χ1v) is 17.0. The van der Waals surface area contributed by atoms with E-state index in [1.165, 1.54) is 6.92 Å². The molecular formula is C40H38N2O5S. The monoisotopic (exact) mass is 658 g/mol. The van der Waals surface area contributed by atoms with E-state index in [-0.39, 0.29) is 30.6 Å². The Morgan fingerprint density at radius 1 is 0.771 bits per heavy atom. The highest BCUT2D eigenvalue weighted by atomic mass is 32.2. The van der Waals surface area contributed by atoms with Gasteiger partial charge in [0.25, 0.3) is 5.91 Å². The summed E-state index contributed by atoms with van der Waals surface area (Å²) in [6, 6.07) is 41.3. The summed E-state index contributed by atoms with van der Waals surface area (Å²) in [6.07, 6.45) is -0.180. The molecule has 0 radical (unpaired) electrons. The van der Waals surface area contributed by atoms with Crippen LogP contribution in [0, 0.1) is 0 Å². The zero-order chi connectivity index (χ0) is 33.3. The maximum Gasteiger partial charge on any atom is 0.251 e. The smallest absolute Gasteiger partial charge is 0.251 e. The van der Waals surface area contributed by atoms with Crippen molar-refractivity contribution in [2.75, 3.05) is 11.1 Å². The average Bonchev–Trinajstić information content (AvgIpc) is 3.14. The number of aliphatic hydroxyl groups is 1. The molecule has 7 nitrogen and oxygen atoms in total. The summed E-state index contributed by atoms with van der Waals surface area (Å²) in [5.41, 5.74) is 7.27. The number of aliphatic hydroxyl groups excluding tert-OH is 1. The van der Waals surface area contributed by atoms with Crippen LogP contribution in [0.15, 0.2) is 132 Å². The van der Waals surface area contributed by atoms with E-state index >= 15 is 0 Å². The molecule has 1 aliphatic rings. The first-order valence-electron chi connectivity index (χ1n) is 16.0. The summed E-state index contributed by atoms with van der Waals surface area (Å²) in [5.74, 6) is 0.519. The van der Waals surface area contributed by atoms with E-state index in [9.17, 15) is 14.7 Å². The van der Waals surface area contributed by atoms with Gasteiger partial charge in [-0.15, -0.1) is 11.8 Å². The zero-order valence-corrected chi connectivity index (χ0v) is 27.5. The summed E-state index contributed by atoms with van der Waals surface area (Å²) >= 11 is 1.71. The Morgan fingerprint density at radius 3 is 2.23 bits per heavy atom. The summed E-state index contributed by atoms with van der Waals surface area (Å²) < 4.78 is 13.2. The van der Waals surface area contributed by atoms with Crippen molar-refractivity contribution < 1.29 is 24.2 Å². The first-order chi connectivity index (χ1) is 23.4. The summed E-state index contributed by atoms with van der Waals surface area (Å²) in [4.78, 5) is 25.1. The Morgan fingerprint density at radius 2 is 1.50 bits per heavy atom. The molecule has 3 atom stereocenters. The van der Waals surface area contributed by atoms with Crippen LogP contribution in [0.2, 0.25) is 0 Å². The number of amides is 2. The fourth-order valence-corrected chi connectivity index (χ4v) is 6.57. The van der Waals surface area contributed by atoms with Gasteiger partial charge >= 0.3 is 0 Å². The van der Waals surface area contributed by atoms with Crippen LogP contribution in [-0.2, 0) is 27.4 Å². The van der Waals surface area contributed by atoms with Crippen LogP contribution in [-0.4, -0.2) is 28.8 Å². The molecule has 48 heavy (non-hydrogen) atoms. The molecule has 2 amide bonds. The molecule has 0 unspecified atom stereocenters. The van der Waals surface area contributed by atoms with Crippen molar-refractivity contribution in [1.82, 2.24) is 5.32 Å². The van der Waals surface area contributed by atoms with Crippen molar-refractivity contribution in [3.05, 3.63) is 155 Å². The molecule has 244 valence electrons. The number of nitrogens with one attached hydrogen (secondary N) is 2. The number of hydrogen-bond acceptors (Lipinski definition) is 6. The molecule has 0 saturated carbocycles. The predicted molar refractivity (Wildman–Crippen MR) is 189 cm³/mol. The Bertz CT molecular complexity index is 1830. The normalized spacial score (nSPS) is 17.4. The third kappa shape index (κ3) is 8.79. The van der Waals surface area contributed by atoms with Crippen LogP contribution in [0.4, 0.5) is 5.69 Å². The fourth-order valence-electron chi connectivity index (χ4n) is 5.65. The number of hydrogen-bond donors (Lipinski definition) is 3. The number of anilines is 1. The third-order valence-corrected chi connectivity index (χ3v) is 9.28. The van der Waals surface area contributed by atoms with E-state index in [0.717, 1.165) is 49.7 Å². The van der Waals surface area contributed by atoms with E-state index in [4.69, 9.17) is 9.47 Å². The standard InChI is InChI=1S/C40H38N2O5S/c1-27(44)42-35-17-19-37(20-18-35)48-26-36-23-38(30-15-13-28(25-43)14-16-30)47-40(46-36)34-12-6-11-33(22-34)32-10-5-7-29(21-32)24-41-39(45)31-8-3-2-4-9-31/h2-22,36,38,40,43H,23-26H2,1H3,(H,41,45)(H,42,44)/t36-,38+,40+/m0/s1. The van der Waals surface area contributed by atoms with Crippen LogP contribution < -0.4 is 10.6 Å². The van der Waals surface area contributed by atoms with Gasteiger partial charge in [-0.2, -0.15) is 0 Å². The summed E-state index contributed by atoms with van der Waals surface area (Å²) in [5, 5.41) is 15.4. The molecule has 0 spiro atoms. The minimum atomic E-state index is -0.581. The molecule has 0 aromatic heterocycles. The maximum absolute atomic E-state index is 12.6. The molecule has 0 aliphatic carbocycles. The van der Waals surface area contributed by atoms with E-state index in [2.05, 4.69) is 34.9 Å². The largest absolute Gasteiger partial charge is 0.392 e. The highest BCUT2D eigenvalue weighted by Gasteiger charge is 2.32. The Kier molecular flexibility index (Phi) is 11.0. The predicted octanol–water partition coefficient (Wildman–Crippen LogP) is 8.07. The lowest BCUT2D eigenvalue weighted by atomic mass is 9.99. The number of rotatable bonds is 11. The third-order valence-electron chi connectivity index (χ3n) is 8.13. The van der Waals surface area contributed by atoms with Crippen molar-refractivity contribution >= 4 is 29.3 Å². The maximum atomic E-state index is 12.6. The van der Waals surface area contributed by atoms with E-state index in [1.54, 1.807) is 23.9 Å². The van der Waals surface area contributed by atoms with E-state index < -0.39 is 6.29 Å². The van der Waals surface area contributed by atoms with Gasteiger partial charge in [-0.3, -0.25) is 9.59 Å². The highest BCUT2D eigenvalue weighted by molar-refractivity contribution is 7.99. The second kappa shape index (κ2) is 15.9. The molecule has 1 heterocycles. The van der Waals surface area contributed by atoms with Crippen LogP contribution >= 0.6 is 11.8 Å². The molecule has 8 heteroatoms. The van der Waals surface area contributed by atoms with Gasteiger partial charge < -0.3 is 25.2 Å². The molecule has 1 saturated heterocycles. The Hall–Kier alpha value is -4.73. The lowest BCUT2D eigenvalue weighted by Gasteiger charge is -2.36.